The van der Waals surface area contributed by atoms with Crippen LogP contribution in [-0.2, 0) is 25.7 Å². The number of carboxylic acid groups (broad SMARTS) is 1. The number of carbonyl (C=O) groups is 1. The average molecular weight is 706 g/mol. The number of fused-ring (bicyclic) bond motifs is 6. The van der Waals surface area contributed by atoms with Gasteiger partial charge in [0, 0.05) is 53.9 Å². The van der Waals surface area contributed by atoms with E-state index in [9.17, 15) is 17.8 Å². The molecule has 2 N–H and O–H groups in total. The third-order valence-corrected chi connectivity index (χ3v) is 11.3. The van der Waals surface area contributed by atoms with Gasteiger partial charge in [-0.05, 0) is 84.8 Å². The second kappa shape index (κ2) is 14.6. The maximum atomic E-state index is 11.4. The lowest BCUT2D eigenvalue weighted by molar-refractivity contribution is -0.438. The van der Waals surface area contributed by atoms with Gasteiger partial charge in [-0.3, -0.25) is 9.35 Å². The minimum absolute atomic E-state index is 0.198. The van der Waals surface area contributed by atoms with E-state index in [1.54, 1.807) is 0 Å². The van der Waals surface area contributed by atoms with E-state index in [-0.39, 0.29) is 23.0 Å². The molecule has 8 heteroatoms. The number of carboxylic acids is 1. The van der Waals surface area contributed by atoms with Gasteiger partial charge in [-0.1, -0.05) is 86.7 Å². The first-order valence-electron chi connectivity index (χ1n) is 18.0. The Kier molecular flexibility index (Phi) is 10.4. The van der Waals surface area contributed by atoms with Gasteiger partial charge >= 0.3 is 5.97 Å². The fourth-order valence-electron chi connectivity index (χ4n) is 8.19. The van der Waals surface area contributed by atoms with E-state index in [1.807, 2.05) is 0 Å². The van der Waals surface area contributed by atoms with Gasteiger partial charge in [0.15, 0.2) is 5.71 Å². The van der Waals surface area contributed by atoms with Gasteiger partial charge in [-0.15, -0.1) is 0 Å². The van der Waals surface area contributed by atoms with Crippen LogP contribution >= 0.6 is 0 Å². The summed E-state index contributed by atoms with van der Waals surface area (Å²) in [6.45, 7) is 10.5. The van der Waals surface area contributed by atoms with Crippen LogP contribution in [0.4, 0.5) is 11.4 Å². The molecule has 2 aliphatic heterocycles. The summed E-state index contributed by atoms with van der Waals surface area (Å²) in [7, 11) is -4.00. The van der Waals surface area contributed by atoms with E-state index < -0.39 is 16.1 Å². The lowest BCUT2D eigenvalue weighted by Gasteiger charge is -2.27. The van der Waals surface area contributed by atoms with Gasteiger partial charge in [0.25, 0.3) is 10.1 Å². The first kappa shape index (κ1) is 36.3. The van der Waals surface area contributed by atoms with Gasteiger partial charge in [0.2, 0.25) is 5.69 Å². The summed E-state index contributed by atoms with van der Waals surface area (Å²) in [6.07, 6.45) is 14.3. The van der Waals surface area contributed by atoms with E-state index >= 15 is 0 Å². The first-order valence-corrected chi connectivity index (χ1v) is 19.6. The Morgan fingerprint density at radius 2 is 1.43 bits per heavy atom. The van der Waals surface area contributed by atoms with Gasteiger partial charge in [0.05, 0.1) is 11.2 Å². The number of allylic oxidation sites excluding steroid dienone is 6. The van der Waals surface area contributed by atoms with Crippen LogP contribution in [0.5, 0.6) is 0 Å². The molecule has 0 saturated heterocycles. The molecule has 4 aromatic carbocycles. The highest BCUT2D eigenvalue weighted by molar-refractivity contribution is 7.85. The van der Waals surface area contributed by atoms with E-state index in [4.69, 9.17) is 5.11 Å². The van der Waals surface area contributed by atoms with Gasteiger partial charge < -0.3 is 10.0 Å². The van der Waals surface area contributed by atoms with Crippen molar-refractivity contribution in [1.29, 1.82) is 0 Å². The Balaban J connectivity index is 1.31. The highest BCUT2D eigenvalue weighted by Crippen LogP contribution is 2.51. The monoisotopic (exact) mass is 705 g/mol. The fourth-order valence-corrected chi connectivity index (χ4v) is 8.76. The summed E-state index contributed by atoms with van der Waals surface area (Å²) in [5.41, 5.74) is 6.74. The zero-order valence-corrected chi connectivity index (χ0v) is 30.9. The number of hydrogen-bond donors (Lipinski definition) is 2. The standard InChI is InChI=1S/C43H48N2O5S/c1-42(2)37(44(28-14-6-9-23-39(46)47)35-26-24-31-17-10-12-19-33(31)40(35)42)21-7-5-8-22-38-43(3,4)41-34-20-13-11-18-32(34)25-27-36(41)45(38)29-15-16-30-51(48,49)50/h5,7-8,10-13,17-22,24-27H,6,9,14-16,23,28-30H2,1-4H3,(H-,46,47,48,49,50)/p+1. The Morgan fingerprint density at radius 3 is 2.12 bits per heavy atom. The molecule has 7 nitrogen and oxygen atoms in total. The molecule has 2 aliphatic rings. The molecule has 6 rings (SSSR count). The third-order valence-electron chi connectivity index (χ3n) is 10.5. The molecule has 4 aromatic rings. The topological polar surface area (TPSA) is 97.9 Å². The van der Waals surface area contributed by atoms with Crippen LogP contribution in [0.1, 0.15) is 77.3 Å². The number of anilines is 1. The molecule has 0 spiro atoms. The molecule has 0 fully saturated rings. The summed E-state index contributed by atoms with van der Waals surface area (Å²) in [5.74, 6) is -0.989. The SMILES string of the molecule is CC1(C)C(/C=C/C=C/C=C2\N(CCCCS(=O)(=O)O)c3ccc4ccccc4c3C2(C)C)=[N+](CCCCCC(=O)O)c2ccc3ccccc3c21. The van der Waals surface area contributed by atoms with Crippen molar-refractivity contribution in [2.75, 3.05) is 23.7 Å². The molecule has 51 heavy (non-hydrogen) atoms. The Morgan fingerprint density at radius 1 is 0.765 bits per heavy atom. The molecule has 0 atom stereocenters. The predicted octanol–water partition coefficient (Wildman–Crippen LogP) is 9.48. The van der Waals surface area contributed by atoms with Crippen molar-refractivity contribution in [1.82, 2.24) is 0 Å². The maximum absolute atomic E-state index is 11.4. The van der Waals surface area contributed by atoms with Gasteiger partial charge in [0.1, 0.15) is 6.54 Å². The van der Waals surface area contributed by atoms with Crippen molar-refractivity contribution in [2.24, 2.45) is 0 Å². The number of nitrogens with zero attached hydrogens (tertiary/aromatic N) is 2. The molecule has 0 radical (unpaired) electrons. The molecule has 0 amide bonds. The minimum atomic E-state index is -4.00. The minimum Gasteiger partial charge on any atom is -0.481 e. The molecule has 0 aromatic heterocycles. The Bertz CT molecular complexity index is 2210. The van der Waals surface area contributed by atoms with Crippen LogP contribution in [0.25, 0.3) is 21.5 Å². The van der Waals surface area contributed by atoms with E-state index in [0.29, 0.717) is 25.8 Å². The molecule has 0 aliphatic carbocycles. The van der Waals surface area contributed by atoms with Crippen molar-refractivity contribution in [3.05, 3.63) is 120 Å². The van der Waals surface area contributed by atoms with Gasteiger partial charge in [-0.25, -0.2) is 0 Å². The van der Waals surface area contributed by atoms with Crippen molar-refractivity contribution >= 4 is 54.7 Å². The van der Waals surface area contributed by atoms with Crippen molar-refractivity contribution in [3.63, 3.8) is 0 Å². The zero-order valence-electron chi connectivity index (χ0n) is 30.1. The van der Waals surface area contributed by atoms with Gasteiger partial charge in [-0.2, -0.15) is 13.0 Å². The van der Waals surface area contributed by atoms with Crippen molar-refractivity contribution < 1.29 is 27.4 Å². The Labute approximate surface area is 302 Å². The second-order valence-corrected chi connectivity index (χ2v) is 16.4. The number of benzene rings is 4. The van der Waals surface area contributed by atoms with Crippen molar-refractivity contribution in [3.8, 4) is 0 Å². The van der Waals surface area contributed by atoms with Crippen LogP contribution < -0.4 is 4.90 Å². The summed E-state index contributed by atoms with van der Waals surface area (Å²) in [4.78, 5) is 13.4. The first-order chi connectivity index (χ1) is 24.3. The smallest absolute Gasteiger partial charge is 0.303 e. The van der Waals surface area contributed by atoms with Crippen LogP contribution in [0.15, 0.2) is 109 Å². The summed E-state index contributed by atoms with van der Waals surface area (Å²) in [6, 6.07) is 25.7. The Hall–Kier alpha value is -4.53. The van der Waals surface area contributed by atoms with E-state index in [2.05, 4.69) is 140 Å². The second-order valence-electron chi connectivity index (χ2n) is 14.8. The summed E-state index contributed by atoms with van der Waals surface area (Å²) in [5, 5.41) is 14.0. The quantitative estimate of drug-likeness (QED) is 0.0587. The molecular weight excluding hydrogens is 657 g/mol. The van der Waals surface area contributed by atoms with E-state index in [1.165, 1.54) is 44.1 Å². The number of unbranched alkanes of at least 4 members (excludes halogenated alkanes) is 3. The summed E-state index contributed by atoms with van der Waals surface area (Å²) < 4.78 is 34.5. The summed E-state index contributed by atoms with van der Waals surface area (Å²) >= 11 is 0. The molecule has 0 bridgehead atoms. The third kappa shape index (κ3) is 7.44. The maximum Gasteiger partial charge on any atom is 0.303 e. The lowest BCUT2D eigenvalue weighted by Crippen LogP contribution is -2.28. The molecule has 0 unspecified atom stereocenters. The highest BCUT2D eigenvalue weighted by atomic mass is 32.2. The molecule has 0 saturated carbocycles. The molecular formula is C43H49N2O5S+. The van der Waals surface area contributed by atoms with Crippen molar-refractivity contribution in [2.45, 2.75) is 77.0 Å². The average Bonchev–Trinajstić information content (AvgIpc) is 3.44. The van der Waals surface area contributed by atoms with Crippen LogP contribution in [0, 0.1) is 0 Å². The number of rotatable bonds is 14. The molecule has 266 valence electrons. The zero-order chi connectivity index (χ0) is 36.4. The highest BCUT2D eigenvalue weighted by Gasteiger charge is 2.45. The van der Waals surface area contributed by atoms with E-state index in [0.717, 1.165) is 30.8 Å². The number of hydrogen-bond acceptors (Lipinski definition) is 4. The fraction of sp³-hybridized carbons (Fsp3) is 0.349. The number of aliphatic carboxylic acids is 1. The van der Waals surface area contributed by atoms with Crippen LogP contribution in [0.3, 0.4) is 0 Å². The van der Waals surface area contributed by atoms with Crippen LogP contribution in [-0.4, -0.2) is 53.2 Å². The largest absolute Gasteiger partial charge is 0.481 e. The van der Waals surface area contributed by atoms with Crippen LogP contribution in [0.2, 0.25) is 0 Å². The predicted molar refractivity (Wildman–Crippen MR) is 209 cm³/mol. The molecule has 2 heterocycles. The lowest BCUT2D eigenvalue weighted by atomic mass is 9.79. The normalized spacial score (nSPS) is 17.4.